The fourth-order valence-electron chi connectivity index (χ4n) is 6.91. The van der Waals surface area contributed by atoms with Crippen molar-refractivity contribution in [1.29, 1.82) is 0 Å². The molecule has 0 radical (unpaired) electrons. The second kappa shape index (κ2) is 5.21. The van der Waals surface area contributed by atoms with Crippen LogP contribution in [-0.4, -0.2) is 34.1 Å². The molecule has 0 heterocycles. The van der Waals surface area contributed by atoms with E-state index in [9.17, 15) is 15.3 Å². The molecule has 0 aromatic carbocycles. The highest BCUT2D eigenvalue weighted by molar-refractivity contribution is 5.07. The molecular weight excluding hydrogens is 264 g/mol. The summed E-state index contributed by atoms with van der Waals surface area (Å²) in [4.78, 5) is 0. The lowest BCUT2D eigenvalue weighted by atomic mass is 9.50. The lowest BCUT2D eigenvalue weighted by Crippen LogP contribution is -2.52. The molecular formula is C18H30O3. The van der Waals surface area contributed by atoms with Gasteiger partial charge in [-0.15, -0.1) is 0 Å². The van der Waals surface area contributed by atoms with Crippen molar-refractivity contribution in [2.45, 2.75) is 70.0 Å². The molecule has 0 aromatic heterocycles. The summed E-state index contributed by atoms with van der Waals surface area (Å²) in [5.74, 6) is 3.61. The molecule has 4 unspecified atom stereocenters. The SMILES string of the molecule is OC[C@]12CCC3C(CC[C@H]4C[C@@H](O)CCC34)C1CC[C@@H]2O. The monoisotopic (exact) mass is 294 g/mol. The zero-order valence-corrected chi connectivity index (χ0v) is 13.0. The molecule has 0 aliphatic heterocycles. The van der Waals surface area contributed by atoms with Crippen LogP contribution in [0.2, 0.25) is 0 Å². The Balaban J connectivity index is 1.57. The van der Waals surface area contributed by atoms with Crippen LogP contribution in [0.25, 0.3) is 0 Å². The summed E-state index contributed by atoms with van der Waals surface area (Å²) in [6, 6.07) is 0. The van der Waals surface area contributed by atoms with E-state index in [1.807, 2.05) is 0 Å². The number of hydrogen-bond donors (Lipinski definition) is 3. The lowest BCUT2D eigenvalue weighted by molar-refractivity contribution is -0.117. The topological polar surface area (TPSA) is 60.7 Å². The Labute approximate surface area is 127 Å². The number of rotatable bonds is 1. The first kappa shape index (κ1) is 14.5. The minimum atomic E-state index is -0.278. The summed E-state index contributed by atoms with van der Waals surface area (Å²) in [6.45, 7) is 0.175. The van der Waals surface area contributed by atoms with Crippen molar-refractivity contribution in [3.63, 3.8) is 0 Å². The first-order valence-electron chi connectivity index (χ1n) is 9.12. The second-order valence-electron chi connectivity index (χ2n) is 8.43. The quantitative estimate of drug-likeness (QED) is 0.695. The van der Waals surface area contributed by atoms with Gasteiger partial charge in [-0.25, -0.2) is 0 Å². The molecule has 3 N–H and O–H groups in total. The van der Waals surface area contributed by atoms with Crippen molar-refractivity contribution in [1.82, 2.24) is 0 Å². The molecule has 0 saturated heterocycles. The summed E-state index contributed by atoms with van der Waals surface area (Å²) in [5.41, 5.74) is -0.178. The standard InChI is InChI=1S/C18H30O3/c19-10-18-8-7-14-13-4-2-12(20)9-11(13)1-3-15(14)16(18)5-6-17(18)21/h11-17,19-21H,1-10H2/t11-,12-,13?,14?,15?,16?,17-,18+/m0/s1. The fraction of sp³-hybridized carbons (Fsp3) is 1.00. The van der Waals surface area contributed by atoms with E-state index >= 15 is 0 Å². The smallest absolute Gasteiger partial charge is 0.0621 e. The van der Waals surface area contributed by atoms with Gasteiger partial charge in [-0.3, -0.25) is 0 Å². The highest BCUT2D eigenvalue weighted by Gasteiger charge is 2.58. The first-order valence-corrected chi connectivity index (χ1v) is 9.12. The van der Waals surface area contributed by atoms with Crippen LogP contribution in [-0.2, 0) is 0 Å². The number of aliphatic hydroxyl groups is 3. The van der Waals surface area contributed by atoms with E-state index in [1.165, 1.54) is 25.7 Å². The van der Waals surface area contributed by atoms with Gasteiger partial charge < -0.3 is 15.3 Å². The maximum atomic E-state index is 10.4. The Morgan fingerprint density at radius 3 is 2.43 bits per heavy atom. The Bertz CT molecular complexity index is 398. The molecule has 0 aromatic rings. The number of aliphatic hydroxyl groups excluding tert-OH is 3. The molecule has 0 spiro atoms. The van der Waals surface area contributed by atoms with Crippen LogP contribution in [0.1, 0.15) is 57.8 Å². The Morgan fingerprint density at radius 1 is 0.810 bits per heavy atom. The van der Waals surface area contributed by atoms with Gasteiger partial charge in [-0.2, -0.15) is 0 Å². The summed E-state index contributed by atoms with van der Waals surface area (Å²) in [5, 5.41) is 30.4. The molecule has 3 heteroatoms. The van der Waals surface area contributed by atoms with Gasteiger partial charge in [0, 0.05) is 5.41 Å². The van der Waals surface area contributed by atoms with Crippen LogP contribution in [0.3, 0.4) is 0 Å². The molecule has 4 saturated carbocycles. The van der Waals surface area contributed by atoms with E-state index in [4.69, 9.17) is 0 Å². The van der Waals surface area contributed by atoms with Crippen LogP contribution >= 0.6 is 0 Å². The van der Waals surface area contributed by atoms with Crippen molar-refractivity contribution >= 4 is 0 Å². The van der Waals surface area contributed by atoms with Gasteiger partial charge in [0.05, 0.1) is 18.8 Å². The molecule has 0 bridgehead atoms. The zero-order chi connectivity index (χ0) is 14.6. The third-order valence-electron chi connectivity index (χ3n) is 7.89. The molecule has 8 atom stereocenters. The third-order valence-corrected chi connectivity index (χ3v) is 7.89. The molecule has 120 valence electrons. The molecule has 0 amide bonds. The number of fused-ring (bicyclic) bond motifs is 5. The van der Waals surface area contributed by atoms with E-state index in [1.54, 1.807) is 0 Å². The summed E-state index contributed by atoms with van der Waals surface area (Å²) in [7, 11) is 0. The average molecular weight is 294 g/mol. The Kier molecular flexibility index (Phi) is 3.59. The van der Waals surface area contributed by atoms with Gasteiger partial charge in [-0.1, -0.05) is 0 Å². The van der Waals surface area contributed by atoms with Gasteiger partial charge in [-0.05, 0) is 87.4 Å². The summed E-state index contributed by atoms with van der Waals surface area (Å²) >= 11 is 0. The van der Waals surface area contributed by atoms with Crippen molar-refractivity contribution in [2.75, 3.05) is 6.61 Å². The average Bonchev–Trinajstić information content (AvgIpc) is 2.84. The predicted molar refractivity (Wildman–Crippen MR) is 80.5 cm³/mol. The van der Waals surface area contributed by atoms with E-state index in [0.717, 1.165) is 55.8 Å². The molecule has 3 nitrogen and oxygen atoms in total. The van der Waals surface area contributed by atoms with Crippen LogP contribution < -0.4 is 0 Å². The van der Waals surface area contributed by atoms with Crippen molar-refractivity contribution in [3.8, 4) is 0 Å². The van der Waals surface area contributed by atoms with Crippen LogP contribution in [0.15, 0.2) is 0 Å². The van der Waals surface area contributed by atoms with Gasteiger partial charge in [0.15, 0.2) is 0 Å². The summed E-state index contributed by atoms with van der Waals surface area (Å²) < 4.78 is 0. The number of hydrogen-bond acceptors (Lipinski definition) is 3. The zero-order valence-electron chi connectivity index (χ0n) is 13.0. The predicted octanol–water partition coefficient (Wildman–Crippen LogP) is 2.33. The minimum absolute atomic E-state index is 0.0591. The molecule has 4 fully saturated rings. The highest BCUT2D eigenvalue weighted by Crippen LogP contribution is 2.62. The third kappa shape index (κ3) is 2.04. The fourth-order valence-corrected chi connectivity index (χ4v) is 6.91. The second-order valence-corrected chi connectivity index (χ2v) is 8.43. The van der Waals surface area contributed by atoms with Gasteiger partial charge >= 0.3 is 0 Å². The molecule has 21 heavy (non-hydrogen) atoms. The largest absolute Gasteiger partial charge is 0.396 e. The molecule has 4 aliphatic carbocycles. The van der Waals surface area contributed by atoms with Gasteiger partial charge in [0.2, 0.25) is 0 Å². The molecule has 4 aliphatic rings. The Morgan fingerprint density at radius 2 is 1.62 bits per heavy atom. The normalized spacial score (nSPS) is 56.4. The van der Waals surface area contributed by atoms with E-state index < -0.39 is 0 Å². The van der Waals surface area contributed by atoms with Crippen LogP contribution in [0.4, 0.5) is 0 Å². The van der Waals surface area contributed by atoms with Crippen LogP contribution in [0, 0.1) is 35.0 Å². The van der Waals surface area contributed by atoms with Crippen molar-refractivity contribution in [2.24, 2.45) is 35.0 Å². The summed E-state index contributed by atoms with van der Waals surface area (Å²) in [6.07, 6.45) is 9.61. The van der Waals surface area contributed by atoms with Crippen molar-refractivity contribution < 1.29 is 15.3 Å². The molecule has 4 rings (SSSR count). The van der Waals surface area contributed by atoms with Gasteiger partial charge in [0.25, 0.3) is 0 Å². The van der Waals surface area contributed by atoms with E-state index in [0.29, 0.717) is 5.92 Å². The van der Waals surface area contributed by atoms with E-state index in [2.05, 4.69) is 0 Å². The van der Waals surface area contributed by atoms with Crippen LogP contribution in [0.5, 0.6) is 0 Å². The maximum Gasteiger partial charge on any atom is 0.0621 e. The Hall–Kier alpha value is -0.120. The highest BCUT2D eigenvalue weighted by atomic mass is 16.3. The van der Waals surface area contributed by atoms with Gasteiger partial charge in [0.1, 0.15) is 0 Å². The minimum Gasteiger partial charge on any atom is -0.396 e. The maximum absolute atomic E-state index is 10.4. The first-order chi connectivity index (χ1) is 10.2. The van der Waals surface area contributed by atoms with Crippen molar-refractivity contribution in [3.05, 3.63) is 0 Å². The van der Waals surface area contributed by atoms with E-state index in [-0.39, 0.29) is 24.2 Å². The lowest BCUT2D eigenvalue weighted by Gasteiger charge is -2.56.